The number of phenolic OH excluding ortho intramolecular Hbond substituents is 1. The SMILES string of the molecule is Cc1cccc(-c2ccc(N)cc2O)c1.Cl. The number of nitrogens with two attached hydrogens (primary N) is 1. The third-order valence-corrected chi connectivity index (χ3v) is 2.35. The van der Waals surface area contributed by atoms with Crippen LogP contribution in [0.3, 0.4) is 0 Å². The molecule has 0 saturated carbocycles. The lowest BCUT2D eigenvalue weighted by molar-refractivity contribution is 0.477. The average Bonchev–Trinajstić information content (AvgIpc) is 2.17. The lowest BCUT2D eigenvalue weighted by Gasteiger charge is -2.06. The van der Waals surface area contributed by atoms with Crippen LogP contribution in [0.1, 0.15) is 5.56 Å². The highest BCUT2D eigenvalue weighted by atomic mass is 35.5. The third-order valence-electron chi connectivity index (χ3n) is 2.35. The molecule has 16 heavy (non-hydrogen) atoms. The van der Waals surface area contributed by atoms with Crippen molar-refractivity contribution in [1.82, 2.24) is 0 Å². The van der Waals surface area contributed by atoms with E-state index < -0.39 is 0 Å². The first-order valence-electron chi connectivity index (χ1n) is 4.82. The standard InChI is InChI=1S/C13H13NO.ClH/c1-9-3-2-4-10(7-9)12-6-5-11(14)8-13(12)15;/h2-8,15H,14H2,1H3;1H. The van der Waals surface area contributed by atoms with Crippen LogP contribution in [0.25, 0.3) is 11.1 Å². The first-order chi connectivity index (χ1) is 7.16. The van der Waals surface area contributed by atoms with Crippen LogP contribution in [0.2, 0.25) is 0 Å². The third kappa shape index (κ3) is 2.47. The highest BCUT2D eigenvalue weighted by Gasteiger charge is 2.03. The molecule has 84 valence electrons. The van der Waals surface area contributed by atoms with Crippen LogP contribution in [0.15, 0.2) is 42.5 Å². The highest BCUT2D eigenvalue weighted by molar-refractivity contribution is 5.85. The molecule has 3 heteroatoms. The first kappa shape index (κ1) is 12.4. The molecule has 0 aliphatic heterocycles. The average molecular weight is 236 g/mol. The Balaban J connectivity index is 0.00000128. The number of aryl methyl sites for hydroxylation is 1. The Hall–Kier alpha value is -1.67. The van der Waals surface area contributed by atoms with Crippen molar-refractivity contribution >= 4 is 18.1 Å². The van der Waals surface area contributed by atoms with Gasteiger partial charge in [0.25, 0.3) is 0 Å². The second kappa shape index (κ2) is 4.90. The molecular formula is C13H14ClNO. The van der Waals surface area contributed by atoms with Gasteiger partial charge in [-0.25, -0.2) is 0 Å². The summed E-state index contributed by atoms with van der Waals surface area (Å²) in [5.74, 6) is 0.223. The van der Waals surface area contributed by atoms with Gasteiger partial charge in [-0.1, -0.05) is 29.8 Å². The van der Waals surface area contributed by atoms with Crippen LogP contribution >= 0.6 is 12.4 Å². The van der Waals surface area contributed by atoms with Gasteiger partial charge in [-0.15, -0.1) is 12.4 Å². The molecule has 0 aromatic heterocycles. The van der Waals surface area contributed by atoms with Gasteiger partial charge in [0.15, 0.2) is 0 Å². The second-order valence-corrected chi connectivity index (χ2v) is 3.65. The first-order valence-corrected chi connectivity index (χ1v) is 4.82. The molecule has 0 fully saturated rings. The van der Waals surface area contributed by atoms with Gasteiger partial charge >= 0.3 is 0 Å². The predicted octanol–water partition coefficient (Wildman–Crippen LogP) is 3.37. The molecule has 0 heterocycles. The van der Waals surface area contributed by atoms with Crippen molar-refractivity contribution in [3.8, 4) is 16.9 Å². The van der Waals surface area contributed by atoms with Crippen molar-refractivity contribution in [2.45, 2.75) is 6.92 Å². The maximum Gasteiger partial charge on any atom is 0.125 e. The molecule has 2 nitrogen and oxygen atoms in total. The quantitative estimate of drug-likeness (QED) is 0.745. The Morgan fingerprint density at radius 1 is 1.06 bits per heavy atom. The van der Waals surface area contributed by atoms with Gasteiger partial charge in [-0.3, -0.25) is 0 Å². The van der Waals surface area contributed by atoms with Crippen molar-refractivity contribution < 1.29 is 5.11 Å². The minimum atomic E-state index is 0. The summed E-state index contributed by atoms with van der Waals surface area (Å²) in [6.45, 7) is 2.03. The Kier molecular flexibility index (Phi) is 3.80. The summed E-state index contributed by atoms with van der Waals surface area (Å²) in [7, 11) is 0. The number of rotatable bonds is 1. The zero-order valence-electron chi connectivity index (χ0n) is 8.97. The van der Waals surface area contributed by atoms with Crippen LogP contribution < -0.4 is 5.73 Å². The molecule has 0 saturated heterocycles. The van der Waals surface area contributed by atoms with E-state index in [2.05, 4.69) is 0 Å². The molecule has 0 aliphatic rings. The highest BCUT2D eigenvalue weighted by Crippen LogP contribution is 2.30. The van der Waals surface area contributed by atoms with Gasteiger partial charge < -0.3 is 10.8 Å². The smallest absolute Gasteiger partial charge is 0.125 e. The van der Waals surface area contributed by atoms with Gasteiger partial charge in [-0.05, 0) is 24.6 Å². The van der Waals surface area contributed by atoms with Gasteiger partial charge in [0.05, 0.1) is 0 Å². The number of halogens is 1. The number of anilines is 1. The number of phenols is 1. The summed E-state index contributed by atoms with van der Waals surface area (Å²) in [5, 5.41) is 9.76. The number of benzene rings is 2. The fourth-order valence-electron chi connectivity index (χ4n) is 1.61. The van der Waals surface area contributed by atoms with E-state index in [-0.39, 0.29) is 18.2 Å². The van der Waals surface area contributed by atoms with E-state index >= 15 is 0 Å². The molecule has 3 N–H and O–H groups in total. The van der Waals surface area contributed by atoms with Crippen LogP contribution in [0, 0.1) is 6.92 Å². The molecule has 0 radical (unpaired) electrons. The molecular weight excluding hydrogens is 222 g/mol. The lowest BCUT2D eigenvalue weighted by Crippen LogP contribution is -1.85. The van der Waals surface area contributed by atoms with E-state index in [1.165, 1.54) is 5.56 Å². The monoisotopic (exact) mass is 235 g/mol. The largest absolute Gasteiger partial charge is 0.507 e. The Labute approximate surface area is 101 Å². The molecule has 0 bridgehead atoms. The summed E-state index contributed by atoms with van der Waals surface area (Å²) >= 11 is 0. The fraction of sp³-hybridized carbons (Fsp3) is 0.0769. The molecule has 0 unspecified atom stereocenters. The van der Waals surface area contributed by atoms with E-state index in [4.69, 9.17) is 5.73 Å². The lowest BCUT2D eigenvalue weighted by atomic mass is 10.0. The predicted molar refractivity (Wildman–Crippen MR) is 69.9 cm³/mol. The molecule has 2 rings (SSSR count). The Morgan fingerprint density at radius 3 is 2.44 bits per heavy atom. The number of hydrogen-bond acceptors (Lipinski definition) is 2. The molecule has 0 aliphatic carbocycles. The van der Waals surface area contributed by atoms with Crippen molar-refractivity contribution in [1.29, 1.82) is 0 Å². The molecule has 0 amide bonds. The minimum absolute atomic E-state index is 0. The van der Waals surface area contributed by atoms with Gasteiger partial charge in [0, 0.05) is 17.3 Å². The summed E-state index contributed by atoms with van der Waals surface area (Å²) < 4.78 is 0. The summed E-state index contributed by atoms with van der Waals surface area (Å²) in [6, 6.07) is 13.2. The molecule has 0 atom stereocenters. The number of aromatic hydroxyl groups is 1. The maximum absolute atomic E-state index is 9.76. The zero-order valence-corrected chi connectivity index (χ0v) is 9.79. The number of hydrogen-bond donors (Lipinski definition) is 2. The van der Waals surface area contributed by atoms with Crippen molar-refractivity contribution in [2.24, 2.45) is 0 Å². The van der Waals surface area contributed by atoms with Gasteiger partial charge in [0.1, 0.15) is 5.75 Å². The second-order valence-electron chi connectivity index (χ2n) is 3.65. The molecule has 2 aromatic rings. The van der Waals surface area contributed by atoms with Crippen molar-refractivity contribution in [2.75, 3.05) is 5.73 Å². The maximum atomic E-state index is 9.76. The van der Waals surface area contributed by atoms with Crippen LogP contribution in [-0.4, -0.2) is 5.11 Å². The Bertz CT molecular complexity index is 497. The number of nitrogen functional groups attached to an aromatic ring is 1. The summed E-state index contributed by atoms with van der Waals surface area (Å²) in [6.07, 6.45) is 0. The topological polar surface area (TPSA) is 46.2 Å². The van der Waals surface area contributed by atoms with Crippen molar-refractivity contribution in [3.63, 3.8) is 0 Å². The van der Waals surface area contributed by atoms with Gasteiger partial charge in [0.2, 0.25) is 0 Å². The van der Waals surface area contributed by atoms with E-state index in [1.807, 2.05) is 37.3 Å². The van der Waals surface area contributed by atoms with E-state index in [0.29, 0.717) is 5.69 Å². The fourth-order valence-corrected chi connectivity index (χ4v) is 1.61. The van der Waals surface area contributed by atoms with Crippen molar-refractivity contribution in [3.05, 3.63) is 48.0 Å². The summed E-state index contributed by atoms with van der Waals surface area (Å²) in [4.78, 5) is 0. The van der Waals surface area contributed by atoms with E-state index in [9.17, 15) is 5.11 Å². The normalized spacial score (nSPS) is 9.56. The van der Waals surface area contributed by atoms with Gasteiger partial charge in [-0.2, -0.15) is 0 Å². The van der Waals surface area contributed by atoms with Crippen LogP contribution in [0.5, 0.6) is 5.75 Å². The summed E-state index contributed by atoms with van der Waals surface area (Å²) in [5.41, 5.74) is 9.14. The van der Waals surface area contributed by atoms with Crippen LogP contribution in [0.4, 0.5) is 5.69 Å². The molecule has 0 spiro atoms. The van der Waals surface area contributed by atoms with Crippen LogP contribution in [-0.2, 0) is 0 Å². The Morgan fingerprint density at radius 2 is 1.81 bits per heavy atom. The minimum Gasteiger partial charge on any atom is -0.507 e. The van der Waals surface area contributed by atoms with E-state index in [1.54, 1.807) is 12.1 Å². The molecule has 2 aromatic carbocycles. The zero-order chi connectivity index (χ0) is 10.8. The van der Waals surface area contributed by atoms with E-state index in [0.717, 1.165) is 11.1 Å².